The first-order valence-electron chi connectivity index (χ1n) is 13.0. The maximum absolute atomic E-state index is 12.6. The van der Waals surface area contributed by atoms with Gasteiger partial charge in [-0.25, -0.2) is 9.97 Å². The van der Waals surface area contributed by atoms with Crippen LogP contribution in [0.25, 0.3) is 44.7 Å². The molecule has 1 aromatic carbocycles. The first-order valence-corrected chi connectivity index (χ1v) is 13.0. The molecule has 0 unspecified atom stereocenters. The lowest BCUT2D eigenvalue weighted by atomic mass is 10.1. The molecule has 6 aromatic rings. The summed E-state index contributed by atoms with van der Waals surface area (Å²) in [6.45, 7) is 1.99. The number of carbonyl (C=O) groups is 1. The Morgan fingerprint density at radius 1 is 0.923 bits per heavy atom. The molecule has 1 aliphatic rings. The number of nitrogens with zero attached hydrogens (tertiary/aromatic N) is 6. The number of hydrogen-bond donors (Lipinski definition) is 3. The molecule has 5 aromatic heterocycles. The van der Waals surface area contributed by atoms with E-state index in [1.54, 1.807) is 30.7 Å². The molecule has 1 aliphatic heterocycles. The number of hydrogen-bond acceptors (Lipinski definition) is 7. The fourth-order valence-electron chi connectivity index (χ4n) is 5.07. The largest absolute Gasteiger partial charge is 0.355 e. The van der Waals surface area contributed by atoms with Crippen LogP contribution in [0.15, 0.2) is 73.3 Å². The van der Waals surface area contributed by atoms with Gasteiger partial charge in [0.15, 0.2) is 11.6 Å². The van der Waals surface area contributed by atoms with Crippen LogP contribution in [0.5, 0.6) is 0 Å². The number of nitrogens with one attached hydrogen (secondary N) is 3. The molecule has 1 amide bonds. The molecule has 0 bridgehead atoms. The molecule has 10 heteroatoms. The Balaban J connectivity index is 1.22. The number of H-pyrrole nitrogens is 2. The molecular formula is C29H25N9O. The second-order valence-electron chi connectivity index (χ2n) is 9.63. The fraction of sp³-hybridized carbons (Fsp3) is 0.172. The normalized spacial score (nSPS) is 13.7. The predicted molar refractivity (Wildman–Crippen MR) is 150 cm³/mol. The summed E-state index contributed by atoms with van der Waals surface area (Å²) >= 11 is 0. The Hall–Kier alpha value is -5.12. The van der Waals surface area contributed by atoms with E-state index in [4.69, 9.17) is 4.98 Å². The van der Waals surface area contributed by atoms with Crippen molar-refractivity contribution in [3.63, 3.8) is 0 Å². The van der Waals surface area contributed by atoms with Crippen molar-refractivity contribution in [3.8, 4) is 22.8 Å². The molecular weight excluding hydrogens is 490 g/mol. The minimum Gasteiger partial charge on any atom is -0.355 e. The zero-order valence-electron chi connectivity index (χ0n) is 21.1. The number of aromatic amines is 2. The van der Waals surface area contributed by atoms with Gasteiger partial charge in [-0.15, -0.1) is 0 Å². The van der Waals surface area contributed by atoms with E-state index in [0.29, 0.717) is 28.5 Å². The van der Waals surface area contributed by atoms with Gasteiger partial charge >= 0.3 is 0 Å². The van der Waals surface area contributed by atoms with Crippen LogP contribution < -0.4 is 10.2 Å². The van der Waals surface area contributed by atoms with Gasteiger partial charge < -0.3 is 15.2 Å². The molecule has 0 spiro atoms. The van der Waals surface area contributed by atoms with Crippen LogP contribution in [0.2, 0.25) is 0 Å². The number of anilines is 2. The van der Waals surface area contributed by atoms with Crippen molar-refractivity contribution in [2.24, 2.45) is 0 Å². The molecule has 3 N–H and O–H groups in total. The van der Waals surface area contributed by atoms with Crippen molar-refractivity contribution in [1.82, 2.24) is 35.1 Å². The van der Waals surface area contributed by atoms with E-state index in [-0.39, 0.29) is 5.91 Å². The number of fused-ring (bicyclic) bond motifs is 2. The second-order valence-corrected chi connectivity index (χ2v) is 9.63. The monoisotopic (exact) mass is 515 g/mol. The molecule has 1 fully saturated rings. The average molecular weight is 516 g/mol. The topological polar surface area (TPSA) is 128 Å². The first-order chi connectivity index (χ1) is 19.2. The molecule has 1 saturated heterocycles. The lowest BCUT2D eigenvalue weighted by Crippen LogP contribution is -2.30. The van der Waals surface area contributed by atoms with Crippen molar-refractivity contribution in [3.05, 3.63) is 78.9 Å². The highest BCUT2D eigenvalue weighted by Crippen LogP contribution is 2.32. The maximum Gasteiger partial charge on any atom is 0.255 e. The molecule has 0 radical (unpaired) electrons. The third-order valence-corrected chi connectivity index (χ3v) is 7.04. The average Bonchev–Trinajstić information content (AvgIpc) is 3.62. The van der Waals surface area contributed by atoms with Gasteiger partial charge in [0.05, 0.1) is 34.8 Å². The van der Waals surface area contributed by atoms with Gasteiger partial charge in [0.1, 0.15) is 11.2 Å². The lowest BCUT2D eigenvalue weighted by Gasteiger charge is -2.27. The van der Waals surface area contributed by atoms with Crippen molar-refractivity contribution in [1.29, 1.82) is 0 Å². The van der Waals surface area contributed by atoms with E-state index < -0.39 is 0 Å². The molecule has 7 rings (SSSR count). The Bertz CT molecular complexity index is 1800. The zero-order valence-corrected chi connectivity index (χ0v) is 21.1. The van der Waals surface area contributed by atoms with Crippen LogP contribution in [-0.2, 0) is 0 Å². The summed E-state index contributed by atoms with van der Waals surface area (Å²) in [5.41, 5.74) is 5.93. The summed E-state index contributed by atoms with van der Waals surface area (Å²) in [7, 11) is 0. The van der Waals surface area contributed by atoms with E-state index in [9.17, 15) is 4.79 Å². The van der Waals surface area contributed by atoms with Crippen LogP contribution in [0.4, 0.5) is 11.5 Å². The minimum absolute atomic E-state index is 0.196. The Labute approximate surface area is 223 Å². The Morgan fingerprint density at radius 2 is 1.79 bits per heavy atom. The van der Waals surface area contributed by atoms with Crippen molar-refractivity contribution < 1.29 is 4.79 Å². The number of rotatable bonds is 5. The smallest absolute Gasteiger partial charge is 0.255 e. The van der Waals surface area contributed by atoms with Gasteiger partial charge in [0.25, 0.3) is 5.91 Å². The van der Waals surface area contributed by atoms with Gasteiger partial charge in [-0.2, -0.15) is 5.10 Å². The number of piperidine rings is 1. The highest BCUT2D eigenvalue weighted by molar-refractivity contribution is 6.04. The van der Waals surface area contributed by atoms with Crippen LogP contribution in [-0.4, -0.2) is 54.1 Å². The fourth-order valence-corrected chi connectivity index (χ4v) is 5.07. The molecule has 39 heavy (non-hydrogen) atoms. The first kappa shape index (κ1) is 23.0. The molecule has 192 valence electrons. The highest BCUT2D eigenvalue weighted by Gasteiger charge is 2.20. The Morgan fingerprint density at radius 3 is 2.67 bits per heavy atom. The van der Waals surface area contributed by atoms with Crippen LogP contribution >= 0.6 is 0 Å². The third-order valence-electron chi connectivity index (χ3n) is 7.04. The number of pyridine rings is 3. The number of aromatic nitrogens is 7. The Kier molecular flexibility index (Phi) is 5.69. The van der Waals surface area contributed by atoms with Crippen molar-refractivity contribution >= 4 is 39.3 Å². The summed E-state index contributed by atoms with van der Waals surface area (Å²) in [5, 5.41) is 11.4. The van der Waals surface area contributed by atoms with Gasteiger partial charge in [0, 0.05) is 42.0 Å². The quantitative estimate of drug-likeness (QED) is 0.288. The number of carbonyl (C=O) groups excluding carboxylic acids is 1. The molecule has 6 heterocycles. The van der Waals surface area contributed by atoms with Gasteiger partial charge in [-0.3, -0.25) is 19.9 Å². The highest BCUT2D eigenvalue weighted by atomic mass is 16.1. The molecule has 0 saturated carbocycles. The van der Waals surface area contributed by atoms with Crippen LogP contribution in [0.1, 0.15) is 29.6 Å². The van der Waals surface area contributed by atoms with E-state index in [2.05, 4.69) is 40.3 Å². The minimum atomic E-state index is -0.196. The summed E-state index contributed by atoms with van der Waals surface area (Å²) in [6.07, 6.45) is 10.5. The summed E-state index contributed by atoms with van der Waals surface area (Å²) in [4.78, 5) is 36.9. The lowest BCUT2D eigenvalue weighted by molar-refractivity contribution is 0.102. The summed E-state index contributed by atoms with van der Waals surface area (Å²) in [6, 6.07) is 14.8. The number of amides is 1. The van der Waals surface area contributed by atoms with Crippen molar-refractivity contribution in [2.45, 2.75) is 19.3 Å². The second kappa shape index (κ2) is 9.64. The van der Waals surface area contributed by atoms with Gasteiger partial charge in [-0.1, -0.05) is 18.2 Å². The zero-order chi connectivity index (χ0) is 26.2. The molecule has 0 atom stereocenters. The summed E-state index contributed by atoms with van der Waals surface area (Å²) < 4.78 is 0. The van der Waals surface area contributed by atoms with Crippen LogP contribution in [0, 0.1) is 0 Å². The molecule has 0 aliphatic carbocycles. The SMILES string of the molecule is O=C(Nc1cncc(-c2cc3c(-c4nc5c(N6CCCCC6)nccc5[nH]4)n[nH]c3cn2)c1)c1ccccc1. The number of imidazole rings is 1. The van der Waals surface area contributed by atoms with Gasteiger partial charge in [0.2, 0.25) is 0 Å². The number of benzene rings is 1. The molecule has 10 nitrogen and oxygen atoms in total. The maximum atomic E-state index is 12.6. The standard InChI is InChI=1S/C29H25N9O/c39-29(18-7-3-1-4-8-18)33-20-13-19(15-30-16-20)23-14-21-24(17-32-23)36-37-25(21)27-34-22-9-10-31-28(26(22)35-27)38-11-5-2-6-12-38/h1,3-4,7-10,13-17H,2,5-6,11-12H2,(H,33,39)(H,34,35)(H,36,37). The van der Waals surface area contributed by atoms with Gasteiger partial charge in [-0.05, 0) is 49.6 Å². The predicted octanol–water partition coefficient (Wildman–Crippen LogP) is 5.20. The van der Waals surface area contributed by atoms with Crippen LogP contribution in [0.3, 0.4) is 0 Å². The van der Waals surface area contributed by atoms with Crippen molar-refractivity contribution in [2.75, 3.05) is 23.3 Å². The van der Waals surface area contributed by atoms with E-state index >= 15 is 0 Å². The third kappa shape index (κ3) is 4.35. The summed E-state index contributed by atoms with van der Waals surface area (Å²) in [5.74, 6) is 1.39. The van der Waals surface area contributed by atoms with E-state index in [1.807, 2.05) is 42.6 Å². The van der Waals surface area contributed by atoms with E-state index in [0.717, 1.165) is 46.4 Å². The van der Waals surface area contributed by atoms with E-state index in [1.165, 1.54) is 19.3 Å².